The molecule has 0 fully saturated rings. The van der Waals surface area contributed by atoms with Gasteiger partial charge in [-0.2, -0.15) is 0 Å². The Bertz CT molecular complexity index is 580. The van der Waals surface area contributed by atoms with E-state index in [9.17, 15) is 4.79 Å². The summed E-state index contributed by atoms with van der Waals surface area (Å²) in [7, 11) is 0. The third kappa shape index (κ3) is 2.51. The summed E-state index contributed by atoms with van der Waals surface area (Å²) in [6.07, 6.45) is 4.57. The monoisotopic (exact) mass is 309 g/mol. The average Bonchev–Trinajstić information content (AvgIpc) is 2.67. The molecule has 18 heavy (non-hydrogen) atoms. The van der Waals surface area contributed by atoms with Crippen LogP contribution in [0.25, 0.3) is 0 Å². The first-order valence-corrected chi connectivity index (χ1v) is 6.71. The van der Waals surface area contributed by atoms with Gasteiger partial charge in [0, 0.05) is 34.7 Å². The topological polar surface area (TPSA) is 52.9 Å². The Morgan fingerprint density at radius 1 is 1.28 bits per heavy atom. The highest BCUT2D eigenvalue weighted by molar-refractivity contribution is 9.10. The van der Waals surface area contributed by atoms with E-state index in [2.05, 4.69) is 22.9 Å². The lowest BCUT2D eigenvalue weighted by Gasteiger charge is -2.08. The number of nitrogen functional groups attached to an aromatic ring is 1. The van der Waals surface area contributed by atoms with E-state index in [0.717, 1.165) is 23.0 Å². The van der Waals surface area contributed by atoms with Crippen LogP contribution >= 0.6 is 15.9 Å². The lowest BCUT2D eigenvalue weighted by atomic mass is 10.2. The fourth-order valence-corrected chi connectivity index (χ4v) is 2.40. The fourth-order valence-electron chi connectivity index (χ4n) is 1.90. The maximum Gasteiger partial charge on any atom is 0.328 e. The van der Waals surface area contributed by atoms with Crippen molar-refractivity contribution in [1.29, 1.82) is 0 Å². The van der Waals surface area contributed by atoms with Gasteiger partial charge in [-0.05, 0) is 18.6 Å². The molecule has 0 aliphatic carbocycles. The highest BCUT2D eigenvalue weighted by Crippen LogP contribution is 2.22. The van der Waals surface area contributed by atoms with Gasteiger partial charge >= 0.3 is 5.69 Å². The van der Waals surface area contributed by atoms with Gasteiger partial charge in [0.05, 0.1) is 6.54 Å². The zero-order valence-corrected chi connectivity index (χ0v) is 11.9. The van der Waals surface area contributed by atoms with Crippen molar-refractivity contribution in [3.05, 3.63) is 51.1 Å². The van der Waals surface area contributed by atoms with E-state index in [4.69, 9.17) is 5.73 Å². The zero-order valence-electron chi connectivity index (χ0n) is 10.3. The molecule has 0 radical (unpaired) electrons. The van der Waals surface area contributed by atoms with Gasteiger partial charge in [-0.25, -0.2) is 4.79 Å². The normalized spacial score (nSPS) is 10.8. The van der Waals surface area contributed by atoms with Crippen LogP contribution in [0.15, 0.2) is 39.9 Å². The molecule has 0 saturated heterocycles. The first kappa shape index (κ1) is 13.0. The van der Waals surface area contributed by atoms with E-state index < -0.39 is 0 Å². The Kier molecular flexibility index (Phi) is 3.91. The van der Waals surface area contributed by atoms with Crippen LogP contribution in [-0.2, 0) is 13.1 Å². The summed E-state index contributed by atoms with van der Waals surface area (Å²) in [4.78, 5) is 12.1. The minimum Gasteiger partial charge on any atom is -0.398 e. The van der Waals surface area contributed by atoms with Crippen LogP contribution in [0.2, 0.25) is 0 Å². The summed E-state index contributed by atoms with van der Waals surface area (Å²) in [5.41, 5.74) is 7.57. The molecule has 0 unspecified atom stereocenters. The summed E-state index contributed by atoms with van der Waals surface area (Å²) in [5.74, 6) is 0. The van der Waals surface area contributed by atoms with Crippen molar-refractivity contribution in [2.45, 2.75) is 26.4 Å². The molecule has 2 rings (SSSR count). The second kappa shape index (κ2) is 5.44. The highest BCUT2D eigenvalue weighted by atomic mass is 79.9. The predicted octanol–water partition coefficient (Wildman–Crippen LogP) is 2.45. The molecule has 0 bridgehead atoms. The van der Waals surface area contributed by atoms with Crippen molar-refractivity contribution in [2.75, 3.05) is 5.73 Å². The average molecular weight is 310 g/mol. The Balaban J connectivity index is 2.32. The zero-order chi connectivity index (χ0) is 13.1. The van der Waals surface area contributed by atoms with Crippen molar-refractivity contribution < 1.29 is 0 Å². The molecule has 1 aromatic carbocycles. The number of hydrogen-bond acceptors (Lipinski definition) is 2. The Hall–Kier alpha value is -1.49. The predicted molar refractivity (Wildman–Crippen MR) is 76.6 cm³/mol. The third-order valence-electron chi connectivity index (χ3n) is 2.87. The Labute approximate surface area is 114 Å². The highest BCUT2D eigenvalue weighted by Gasteiger charge is 2.08. The Morgan fingerprint density at radius 3 is 2.67 bits per heavy atom. The lowest BCUT2D eigenvalue weighted by molar-refractivity contribution is 0.624. The van der Waals surface area contributed by atoms with E-state index in [1.807, 2.05) is 24.4 Å². The fraction of sp³-hybridized carbons (Fsp3) is 0.308. The van der Waals surface area contributed by atoms with E-state index in [1.165, 1.54) is 0 Å². The molecular formula is C13H16BrN3O. The second-order valence-corrected chi connectivity index (χ2v) is 5.06. The number of rotatable bonds is 4. The van der Waals surface area contributed by atoms with Gasteiger partial charge in [0.15, 0.2) is 0 Å². The van der Waals surface area contributed by atoms with Crippen LogP contribution in [0.1, 0.15) is 18.9 Å². The minimum atomic E-state index is 0.00648. The maximum absolute atomic E-state index is 12.1. The molecule has 0 saturated carbocycles. The first-order chi connectivity index (χ1) is 8.63. The molecule has 1 aromatic heterocycles. The van der Waals surface area contributed by atoms with E-state index >= 15 is 0 Å². The molecule has 5 heteroatoms. The summed E-state index contributed by atoms with van der Waals surface area (Å²) in [6.45, 7) is 3.29. The second-order valence-electron chi connectivity index (χ2n) is 4.21. The van der Waals surface area contributed by atoms with Crippen molar-refractivity contribution in [2.24, 2.45) is 0 Å². The van der Waals surface area contributed by atoms with E-state index in [0.29, 0.717) is 12.2 Å². The summed E-state index contributed by atoms with van der Waals surface area (Å²) in [6, 6.07) is 5.65. The van der Waals surface area contributed by atoms with Crippen molar-refractivity contribution >= 4 is 21.6 Å². The standard InChI is InChI=1S/C13H16BrN3O/c1-2-6-16-7-8-17(13(16)18)9-10-11(14)4-3-5-12(10)15/h3-5,7-8H,2,6,9,15H2,1H3. The van der Waals surface area contributed by atoms with Crippen LogP contribution in [0.5, 0.6) is 0 Å². The molecule has 4 nitrogen and oxygen atoms in total. The van der Waals surface area contributed by atoms with Gasteiger partial charge in [-0.1, -0.05) is 28.9 Å². The molecule has 0 aliphatic rings. The van der Waals surface area contributed by atoms with E-state index in [1.54, 1.807) is 15.3 Å². The third-order valence-corrected chi connectivity index (χ3v) is 3.61. The van der Waals surface area contributed by atoms with Crippen molar-refractivity contribution in [1.82, 2.24) is 9.13 Å². The van der Waals surface area contributed by atoms with Crippen molar-refractivity contribution in [3.8, 4) is 0 Å². The van der Waals surface area contributed by atoms with E-state index in [-0.39, 0.29) is 5.69 Å². The SMILES string of the molecule is CCCn1ccn(Cc2c(N)cccc2Br)c1=O. The molecule has 2 aromatic rings. The molecule has 2 N–H and O–H groups in total. The van der Waals surface area contributed by atoms with Crippen LogP contribution in [0.4, 0.5) is 5.69 Å². The van der Waals surface area contributed by atoms with Gasteiger partial charge in [0.25, 0.3) is 0 Å². The Morgan fingerprint density at radius 2 is 2.00 bits per heavy atom. The molecule has 0 spiro atoms. The van der Waals surface area contributed by atoms with Gasteiger partial charge < -0.3 is 5.73 Å². The number of halogens is 1. The molecule has 0 amide bonds. The number of nitrogens with two attached hydrogens (primary N) is 1. The summed E-state index contributed by atoms with van der Waals surface area (Å²) < 4.78 is 4.32. The quantitative estimate of drug-likeness (QED) is 0.882. The smallest absolute Gasteiger partial charge is 0.328 e. The minimum absolute atomic E-state index is 0.00648. The largest absolute Gasteiger partial charge is 0.398 e. The molecule has 0 atom stereocenters. The number of imidazole rings is 1. The van der Waals surface area contributed by atoms with Gasteiger partial charge in [0.2, 0.25) is 0 Å². The van der Waals surface area contributed by atoms with Gasteiger partial charge in [0.1, 0.15) is 0 Å². The number of aryl methyl sites for hydroxylation is 1. The van der Waals surface area contributed by atoms with Crippen LogP contribution in [0, 0.1) is 0 Å². The lowest BCUT2D eigenvalue weighted by Crippen LogP contribution is -2.24. The summed E-state index contributed by atoms with van der Waals surface area (Å²) in [5, 5.41) is 0. The number of nitrogens with zero attached hydrogens (tertiary/aromatic N) is 2. The molecule has 96 valence electrons. The maximum atomic E-state index is 12.1. The van der Waals surface area contributed by atoms with Gasteiger partial charge in [-0.3, -0.25) is 9.13 Å². The number of benzene rings is 1. The number of anilines is 1. The van der Waals surface area contributed by atoms with Crippen molar-refractivity contribution in [3.63, 3.8) is 0 Å². The van der Waals surface area contributed by atoms with Crippen LogP contribution in [0.3, 0.4) is 0 Å². The molecule has 1 heterocycles. The first-order valence-electron chi connectivity index (χ1n) is 5.92. The molecule has 0 aliphatic heterocycles. The summed E-state index contributed by atoms with van der Waals surface area (Å²) >= 11 is 3.46. The van der Waals surface area contributed by atoms with Crippen LogP contribution < -0.4 is 11.4 Å². The van der Waals surface area contributed by atoms with Gasteiger partial charge in [-0.15, -0.1) is 0 Å². The molecular weight excluding hydrogens is 294 g/mol. The van der Waals surface area contributed by atoms with Crippen LogP contribution in [-0.4, -0.2) is 9.13 Å². The number of aromatic nitrogens is 2. The number of hydrogen-bond donors (Lipinski definition) is 1.